The Labute approximate surface area is 495 Å². The number of nitrogens with zero attached hydrogens (tertiary/aromatic N) is 3. The SMILES string of the molecule is CC(C)C[C@H](NC(=O)[C@H](CC(=O)O)NC(=O)[C@H](CCCN=C(N)N)NC(=O)[C@H](Cc1cnc[nH]1)NC(=O)[C@@H](NC(=O)[C@@H](N)Cc1ccc(O)cc1)C(C)C)C(=O)N[C@@H](C)C(=O)N[C@@H](C)C(=O)N[C@@H](CCCN=C(N)N)C(=O)N[C@@H](CC(N)=O)C(=O)O. The lowest BCUT2D eigenvalue weighted by Gasteiger charge is -2.28. The first kappa shape index (κ1) is 72.5. The monoisotopic (exact) mass is 1210 g/mol. The number of rotatable bonds is 38. The number of carboxylic acid groups (broad SMARTS) is 2. The van der Waals surface area contributed by atoms with Gasteiger partial charge in [-0.15, -0.1) is 0 Å². The number of primary amides is 1. The molecule has 10 atom stereocenters. The quantitative estimate of drug-likeness (QED) is 0.0169. The molecule has 2 rings (SSSR count). The van der Waals surface area contributed by atoms with E-state index >= 15 is 0 Å². The zero-order valence-electron chi connectivity index (χ0n) is 48.7. The van der Waals surface area contributed by atoms with Gasteiger partial charge in [-0.3, -0.25) is 62.7 Å². The summed E-state index contributed by atoms with van der Waals surface area (Å²) < 4.78 is 0. The van der Waals surface area contributed by atoms with E-state index in [1.54, 1.807) is 39.8 Å². The van der Waals surface area contributed by atoms with Gasteiger partial charge in [0.15, 0.2) is 11.9 Å². The number of imidazole rings is 1. The number of benzene rings is 1. The standard InChI is InChI=1S/C52H83N19O15/c1-24(2)17-34(46(81)64-26(5)41(76)63-27(6)42(77)65-32(9-7-15-60-51(55)56)45(80)70-37(50(85)86)20-38(54)73)67-48(83)36(21-39(74)75)68-44(79)33(10-8-16-61-52(57)58)66-47(82)35(19-29-22-59-23-62-29)69-49(84)40(25(3)4)71-43(78)31(53)18-28-11-13-30(72)14-12-28/h11-14,22-27,31-37,40,72H,7-10,15-21,53H2,1-6H3,(H2,54,73)(H,59,62)(H,63,76)(H,64,81)(H,65,77)(H,66,82)(H,67,83)(H,68,79)(H,69,84)(H,70,80)(H,71,78)(H,74,75)(H,85,86)(H4,55,56,60)(H4,57,58,61)/t26-,27-,31-,32-,33-,34-,35-,36-,37-,40-/m0/s1. The van der Waals surface area contributed by atoms with Crippen LogP contribution in [0.3, 0.4) is 0 Å². The fraction of sp³-hybridized carbons (Fsp3) is 0.558. The molecule has 25 N–H and O–H groups in total. The number of H-pyrrole nitrogens is 1. The van der Waals surface area contributed by atoms with Crippen molar-refractivity contribution in [2.24, 2.45) is 56.2 Å². The van der Waals surface area contributed by atoms with Crippen molar-refractivity contribution in [3.8, 4) is 5.75 Å². The van der Waals surface area contributed by atoms with Crippen molar-refractivity contribution >= 4 is 82.9 Å². The van der Waals surface area contributed by atoms with E-state index in [2.05, 4.69) is 67.8 Å². The molecule has 0 saturated carbocycles. The Hall–Kier alpha value is -9.63. The summed E-state index contributed by atoms with van der Waals surface area (Å²) in [6.45, 7) is 9.03. The van der Waals surface area contributed by atoms with Crippen LogP contribution in [0.25, 0.3) is 0 Å². The molecule has 0 bridgehead atoms. The number of aromatic nitrogens is 2. The number of nitrogens with two attached hydrogens (primary N) is 6. The fourth-order valence-electron chi connectivity index (χ4n) is 8.06. The molecular formula is C52H83N19O15. The number of carboxylic acids is 2. The Morgan fingerprint density at radius 1 is 0.535 bits per heavy atom. The van der Waals surface area contributed by atoms with E-state index < -0.39 is 150 Å². The van der Waals surface area contributed by atoms with Crippen LogP contribution in [0.5, 0.6) is 5.75 Å². The summed E-state index contributed by atoms with van der Waals surface area (Å²) in [6, 6.07) is -8.83. The molecule has 0 radical (unpaired) electrons. The zero-order valence-corrected chi connectivity index (χ0v) is 48.7. The molecule has 34 heteroatoms. The van der Waals surface area contributed by atoms with Crippen LogP contribution >= 0.6 is 0 Å². The molecule has 0 aliphatic carbocycles. The molecular weight excluding hydrogens is 1130 g/mol. The third-order valence-corrected chi connectivity index (χ3v) is 12.6. The highest BCUT2D eigenvalue weighted by Crippen LogP contribution is 2.13. The molecule has 0 aliphatic heterocycles. The number of aromatic hydroxyl groups is 1. The highest BCUT2D eigenvalue weighted by Gasteiger charge is 2.36. The van der Waals surface area contributed by atoms with Crippen LogP contribution < -0.4 is 82.3 Å². The van der Waals surface area contributed by atoms with Gasteiger partial charge in [0, 0.05) is 31.4 Å². The van der Waals surface area contributed by atoms with E-state index in [1.165, 1.54) is 38.5 Å². The van der Waals surface area contributed by atoms with Gasteiger partial charge in [0.2, 0.25) is 59.1 Å². The molecule has 0 fully saturated rings. The second-order valence-electron chi connectivity index (χ2n) is 20.9. The van der Waals surface area contributed by atoms with Gasteiger partial charge in [-0.2, -0.15) is 0 Å². The van der Waals surface area contributed by atoms with Crippen molar-refractivity contribution in [1.82, 2.24) is 57.8 Å². The van der Waals surface area contributed by atoms with Crippen LogP contribution in [0.1, 0.15) is 97.7 Å². The Kier molecular flexibility index (Phi) is 30.5. The van der Waals surface area contributed by atoms with Crippen molar-refractivity contribution in [2.75, 3.05) is 13.1 Å². The summed E-state index contributed by atoms with van der Waals surface area (Å²) in [4.78, 5) is 174. The number of guanidine groups is 2. The number of phenols is 1. The topological polar surface area (TPSA) is 583 Å². The average Bonchev–Trinajstić information content (AvgIpc) is 3.91. The molecule has 86 heavy (non-hydrogen) atoms. The minimum atomic E-state index is -1.91. The molecule has 1 heterocycles. The van der Waals surface area contributed by atoms with Crippen molar-refractivity contribution in [2.45, 2.75) is 160 Å². The summed E-state index contributed by atoms with van der Waals surface area (Å²) in [5.74, 6) is -14.3. The van der Waals surface area contributed by atoms with Crippen LogP contribution in [0, 0.1) is 11.8 Å². The van der Waals surface area contributed by atoms with Crippen LogP contribution in [0.2, 0.25) is 0 Å². The number of nitrogens with one attached hydrogen (secondary N) is 10. The number of carbonyl (C=O) groups excluding carboxylic acids is 10. The van der Waals surface area contributed by atoms with Gasteiger partial charge in [0.25, 0.3) is 0 Å². The number of aliphatic carboxylic acids is 2. The van der Waals surface area contributed by atoms with Crippen LogP contribution in [0.15, 0.2) is 46.8 Å². The smallest absolute Gasteiger partial charge is 0.326 e. The maximum Gasteiger partial charge on any atom is 0.326 e. The normalized spacial score (nSPS) is 14.5. The van der Waals surface area contributed by atoms with E-state index in [0.29, 0.717) is 11.3 Å². The molecule has 0 spiro atoms. The number of amides is 10. The molecule has 1 aromatic carbocycles. The summed E-state index contributed by atoms with van der Waals surface area (Å²) in [5, 5.41) is 51.0. The molecule has 34 nitrogen and oxygen atoms in total. The minimum Gasteiger partial charge on any atom is -0.508 e. The number of hydrogen-bond donors (Lipinski definition) is 19. The average molecular weight is 1210 g/mol. The zero-order chi connectivity index (χ0) is 65.0. The van der Waals surface area contributed by atoms with Crippen molar-refractivity contribution in [3.05, 3.63) is 48.0 Å². The second kappa shape index (κ2) is 36.2. The Morgan fingerprint density at radius 3 is 1.47 bits per heavy atom. The first-order chi connectivity index (χ1) is 40.3. The van der Waals surface area contributed by atoms with Gasteiger partial charge in [-0.1, -0.05) is 39.8 Å². The van der Waals surface area contributed by atoms with Crippen LogP contribution in [-0.4, -0.2) is 182 Å². The Morgan fingerprint density at radius 2 is 0.988 bits per heavy atom. The molecule has 0 saturated heterocycles. The van der Waals surface area contributed by atoms with Gasteiger partial charge < -0.3 is 103 Å². The van der Waals surface area contributed by atoms with E-state index in [0.717, 1.165) is 0 Å². The summed E-state index contributed by atoms with van der Waals surface area (Å²) in [5.41, 5.74) is 34.0. The van der Waals surface area contributed by atoms with E-state index in [4.69, 9.17) is 34.4 Å². The highest BCUT2D eigenvalue weighted by atomic mass is 16.4. The van der Waals surface area contributed by atoms with E-state index in [1.807, 2.05) is 0 Å². The first-order valence-corrected chi connectivity index (χ1v) is 27.4. The lowest BCUT2D eigenvalue weighted by atomic mass is 10.00. The molecule has 0 aliphatic rings. The summed E-state index contributed by atoms with van der Waals surface area (Å²) in [7, 11) is 0. The molecule has 0 unspecified atom stereocenters. The molecule has 2 aromatic rings. The second-order valence-corrected chi connectivity index (χ2v) is 20.9. The predicted octanol–water partition coefficient (Wildman–Crippen LogP) is -6.13. The lowest BCUT2D eigenvalue weighted by molar-refractivity contribution is -0.143. The predicted molar refractivity (Wildman–Crippen MR) is 309 cm³/mol. The lowest BCUT2D eigenvalue weighted by Crippen LogP contribution is -2.61. The number of hydrogen-bond acceptors (Lipinski definition) is 17. The first-order valence-electron chi connectivity index (χ1n) is 27.4. The van der Waals surface area contributed by atoms with Crippen molar-refractivity contribution in [1.29, 1.82) is 0 Å². The summed E-state index contributed by atoms with van der Waals surface area (Å²) in [6.07, 6.45) is 0.318. The van der Waals surface area contributed by atoms with Gasteiger partial charge in [0.05, 0.1) is 25.2 Å². The van der Waals surface area contributed by atoms with E-state index in [-0.39, 0.29) is 81.6 Å². The number of carbonyl (C=O) groups is 12. The number of aliphatic imine (C=N–C) groups is 2. The Balaban J connectivity index is 2.35. The van der Waals surface area contributed by atoms with Crippen LogP contribution in [-0.2, 0) is 70.4 Å². The number of aromatic amines is 1. The fourth-order valence-corrected chi connectivity index (χ4v) is 8.06. The maximum atomic E-state index is 14.3. The molecule has 10 amide bonds. The van der Waals surface area contributed by atoms with Gasteiger partial charge in [-0.05, 0) is 81.9 Å². The van der Waals surface area contributed by atoms with Crippen molar-refractivity contribution < 1.29 is 72.9 Å². The number of phenolic OH excluding ortho intramolecular Hbond substituents is 1. The largest absolute Gasteiger partial charge is 0.508 e. The molecule has 476 valence electrons. The summed E-state index contributed by atoms with van der Waals surface area (Å²) >= 11 is 0. The third kappa shape index (κ3) is 27.2. The van der Waals surface area contributed by atoms with Crippen LogP contribution in [0.4, 0.5) is 0 Å². The van der Waals surface area contributed by atoms with Gasteiger partial charge >= 0.3 is 11.9 Å². The Bertz CT molecular complexity index is 2720. The molecule has 1 aromatic heterocycles. The highest BCUT2D eigenvalue weighted by molar-refractivity contribution is 5.99. The van der Waals surface area contributed by atoms with Crippen molar-refractivity contribution in [3.63, 3.8) is 0 Å². The van der Waals surface area contributed by atoms with E-state index in [9.17, 15) is 72.9 Å². The van der Waals surface area contributed by atoms with Gasteiger partial charge in [0.1, 0.15) is 60.1 Å². The maximum absolute atomic E-state index is 14.3. The third-order valence-electron chi connectivity index (χ3n) is 12.6. The van der Waals surface area contributed by atoms with Gasteiger partial charge in [-0.25, -0.2) is 9.78 Å². The minimum absolute atomic E-state index is 0.00200.